The molecule has 0 saturated heterocycles. The lowest BCUT2D eigenvalue weighted by atomic mass is 10.1. The van der Waals surface area contributed by atoms with Crippen LogP contribution in [0.5, 0.6) is 5.75 Å². The number of amides is 1. The number of aryl methyl sites for hydroxylation is 1. The van der Waals surface area contributed by atoms with E-state index < -0.39 is 10.0 Å². The first kappa shape index (κ1) is 18.9. The monoisotopic (exact) mass is 387 g/mol. The number of nitrogens with two attached hydrogens (primary N) is 1. The van der Waals surface area contributed by atoms with Crippen molar-refractivity contribution in [1.29, 1.82) is 0 Å². The number of aromatic amines is 1. The van der Waals surface area contributed by atoms with E-state index in [1.165, 1.54) is 12.1 Å². The molecule has 3 aromatic rings. The summed E-state index contributed by atoms with van der Waals surface area (Å²) >= 11 is 0. The largest absolute Gasteiger partial charge is 0.497 e. The molecule has 3 rings (SSSR count). The summed E-state index contributed by atoms with van der Waals surface area (Å²) in [6.07, 6.45) is 0.573. The maximum absolute atomic E-state index is 12.5. The van der Waals surface area contributed by atoms with Crippen molar-refractivity contribution >= 4 is 26.8 Å². The number of carbonyl (C=O) groups excluding carboxylic acids is 1. The zero-order valence-electron chi connectivity index (χ0n) is 15.1. The highest BCUT2D eigenvalue weighted by atomic mass is 32.2. The van der Waals surface area contributed by atoms with Gasteiger partial charge in [-0.2, -0.15) is 0 Å². The average Bonchev–Trinajstić information content (AvgIpc) is 2.97. The summed E-state index contributed by atoms with van der Waals surface area (Å²) in [4.78, 5) is 15.7. The summed E-state index contributed by atoms with van der Waals surface area (Å²) in [6.45, 7) is 2.31. The number of sulfonamides is 1. The first-order valence-corrected chi connectivity index (χ1v) is 9.90. The molecule has 4 N–H and O–H groups in total. The van der Waals surface area contributed by atoms with Gasteiger partial charge in [0.05, 0.1) is 12.0 Å². The van der Waals surface area contributed by atoms with Crippen LogP contribution in [0.2, 0.25) is 0 Å². The van der Waals surface area contributed by atoms with Crippen molar-refractivity contribution in [3.8, 4) is 5.75 Å². The molecule has 0 radical (unpaired) electrons. The first-order chi connectivity index (χ1) is 12.8. The highest BCUT2D eigenvalue weighted by Gasteiger charge is 2.15. The molecule has 142 valence electrons. The van der Waals surface area contributed by atoms with Crippen molar-refractivity contribution in [2.24, 2.45) is 5.14 Å². The van der Waals surface area contributed by atoms with Crippen LogP contribution in [0.15, 0.2) is 47.4 Å². The quantitative estimate of drug-likeness (QED) is 0.601. The summed E-state index contributed by atoms with van der Waals surface area (Å²) in [5.74, 6) is 0.545. The van der Waals surface area contributed by atoms with Gasteiger partial charge in [-0.05, 0) is 54.8 Å². The van der Waals surface area contributed by atoms with Gasteiger partial charge in [0, 0.05) is 17.4 Å². The second-order valence-electron chi connectivity index (χ2n) is 6.23. The summed E-state index contributed by atoms with van der Waals surface area (Å²) in [5.41, 5.74) is 3.15. The van der Waals surface area contributed by atoms with Crippen LogP contribution in [-0.4, -0.2) is 33.0 Å². The maximum Gasteiger partial charge on any atom is 0.268 e. The third-order valence-corrected chi connectivity index (χ3v) is 5.37. The Bertz CT molecular complexity index is 1090. The first-order valence-electron chi connectivity index (χ1n) is 8.36. The van der Waals surface area contributed by atoms with Crippen LogP contribution in [0, 0.1) is 6.92 Å². The van der Waals surface area contributed by atoms with Gasteiger partial charge >= 0.3 is 0 Å². The van der Waals surface area contributed by atoms with Gasteiger partial charge in [-0.25, -0.2) is 13.6 Å². The fraction of sp³-hybridized carbons (Fsp3) is 0.211. The van der Waals surface area contributed by atoms with E-state index in [9.17, 15) is 13.2 Å². The van der Waals surface area contributed by atoms with E-state index in [-0.39, 0.29) is 10.8 Å². The molecule has 0 bridgehead atoms. The number of hydrogen-bond acceptors (Lipinski definition) is 4. The maximum atomic E-state index is 12.5. The van der Waals surface area contributed by atoms with Gasteiger partial charge in [0.25, 0.3) is 5.91 Å². The molecule has 0 fully saturated rings. The minimum absolute atomic E-state index is 0.0689. The van der Waals surface area contributed by atoms with Gasteiger partial charge in [0.2, 0.25) is 10.0 Å². The van der Waals surface area contributed by atoms with Gasteiger partial charge in [-0.1, -0.05) is 12.1 Å². The van der Waals surface area contributed by atoms with Crippen LogP contribution in [0.3, 0.4) is 0 Å². The lowest BCUT2D eigenvalue weighted by Gasteiger charge is -2.06. The molecule has 1 heterocycles. The van der Waals surface area contributed by atoms with Crippen molar-refractivity contribution in [3.05, 3.63) is 59.3 Å². The minimum atomic E-state index is -3.70. The smallest absolute Gasteiger partial charge is 0.268 e. The number of hydrogen-bond donors (Lipinski definition) is 3. The highest BCUT2D eigenvalue weighted by molar-refractivity contribution is 7.89. The van der Waals surface area contributed by atoms with Crippen molar-refractivity contribution in [3.63, 3.8) is 0 Å². The molecule has 0 saturated carbocycles. The van der Waals surface area contributed by atoms with Gasteiger partial charge in [-0.3, -0.25) is 4.79 Å². The number of methoxy groups -OCH3 is 1. The Morgan fingerprint density at radius 2 is 1.89 bits per heavy atom. The van der Waals surface area contributed by atoms with Gasteiger partial charge in [0.1, 0.15) is 11.4 Å². The van der Waals surface area contributed by atoms with Crippen molar-refractivity contribution < 1.29 is 17.9 Å². The van der Waals surface area contributed by atoms with Crippen LogP contribution >= 0.6 is 0 Å². The van der Waals surface area contributed by atoms with Crippen LogP contribution in [0.1, 0.15) is 21.6 Å². The van der Waals surface area contributed by atoms with Crippen molar-refractivity contribution in [1.82, 2.24) is 10.3 Å². The number of fused-ring (bicyclic) bond motifs is 1. The molecule has 0 aliphatic rings. The van der Waals surface area contributed by atoms with E-state index in [1.807, 2.05) is 25.1 Å². The Morgan fingerprint density at radius 3 is 2.52 bits per heavy atom. The van der Waals surface area contributed by atoms with E-state index in [0.717, 1.165) is 27.8 Å². The van der Waals surface area contributed by atoms with Crippen molar-refractivity contribution in [2.45, 2.75) is 18.2 Å². The summed E-state index contributed by atoms with van der Waals surface area (Å²) in [7, 11) is -2.09. The molecule has 1 amide bonds. The Labute approximate surface area is 157 Å². The molecule has 2 aromatic carbocycles. The van der Waals surface area contributed by atoms with Crippen LogP contribution in [-0.2, 0) is 16.4 Å². The van der Waals surface area contributed by atoms with E-state index >= 15 is 0 Å². The fourth-order valence-corrected chi connectivity index (χ4v) is 3.43. The van der Waals surface area contributed by atoms with Gasteiger partial charge in [0.15, 0.2) is 0 Å². The molecule has 0 aliphatic heterocycles. The SMILES string of the molecule is COc1ccc2[nH]c(C(=O)NCCc3ccc(S(N)(=O)=O)cc3)c(C)c2c1. The molecule has 7 nitrogen and oxygen atoms in total. The summed E-state index contributed by atoms with van der Waals surface area (Å²) < 4.78 is 27.8. The molecule has 0 unspecified atom stereocenters. The predicted octanol–water partition coefficient (Wildman–Crippen LogP) is 2.10. The number of primary sulfonamides is 1. The lowest BCUT2D eigenvalue weighted by molar-refractivity contribution is 0.0949. The number of rotatable bonds is 6. The van der Waals surface area contributed by atoms with E-state index in [2.05, 4.69) is 10.3 Å². The normalized spacial score (nSPS) is 11.5. The summed E-state index contributed by atoms with van der Waals surface area (Å²) in [5, 5.41) is 8.90. The van der Waals surface area contributed by atoms with Gasteiger partial charge in [-0.15, -0.1) is 0 Å². The van der Waals surface area contributed by atoms with E-state index in [1.54, 1.807) is 19.2 Å². The topological polar surface area (TPSA) is 114 Å². The molecular formula is C19H21N3O4S. The number of benzene rings is 2. The molecule has 1 aromatic heterocycles. The zero-order valence-corrected chi connectivity index (χ0v) is 15.9. The van der Waals surface area contributed by atoms with E-state index in [0.29, 0.717) is 18.7 Å². The Kier molecular flexibility index (Phi) is 5.20. The molecular weight excluding hydrogens is 366 g/mol. The second kappa shape index (κ2) is 7.42. The zero-order chi connectivity index (χ0) is 19.6. The highest BCUT2D eigenvalue weighted by Crippen LogP contribution is 2.25. The van der Waals surface area contributed by atoms with Gasteiger partial charge < -0.3 is 15.0 Å². The molecule has 0 aliphatic carbocycles. The number of H-pyrrole nitrogens is 1. The van der Waals surface area contributed by atoms with Crippen molar-refractivity contribution in [2.75, 3.05) is 13.7 Å². The third-order valence-electron chi connectivity index (χ3n) is 4.44. The Hall–Kier alpha value is -2.84. The molecule has 0 atom stereocenters. The number of aromatic nitrogens is 1. The summed E-state index contributed by atoms with van der Waals surface area (Å²) in [6, 6.07) is 11.9. The molecule has 8 heteroatoms. The average molecular weight is 387 g/mol. The molecule has 0 spiro atoms. The number of ether oxygens (including phenoxy) is 1. The Balaban J connectivity index is 1.66. The Morgan fingerprint density at radius 1 is 1.19 bits per heavy atom. The minimum Gasteiger partial charge on any atom is -0.497 e. The van der Waals surface area contributed by atoms with Crippen LogP contribution < -0.4 is 15.2 Å². The van der Waals surface area contributed by atoms with Crippen LogP contribution in [0.25, 0.3) is 10.9 Å². The number of carbonyl (C=O) groups is 1. The third kappa shape index (κ3) is 4.12. The van der Waals surface area contributed by atoms with E-state index in [4.69, 9.17) is 9.88 Å². The van der Waals surface area contributed by atoms with Crippen LogP contribution in [0.4, 0.5) is 0 Å². The standard InChI is InChI=1S/C19H21N3O4S/c1-12-16-11-14(26-2)5-8-17(16)22-18(12)19(23)21-10-9-13-3-6-15(7-4-13)27(20,24)25/h3-8,11,22H,9-10H2,1-2H3,(H,21,23)(H2,20,24,25). The fourth-order valence-electron chi connectivity index (χ4n) is 2.91. The predicted molar refractivity (Wildman–Crippen MR) is 103 cm³/mol. The lowest BCUT2D eigenvalue weighted by Crippen LogP contribution is -2.26. The number of nitrogens with one attached hydrogen (secondary N) is 2. The molecule has 27 heavy (non-hydrogen) atoms. The second-order valence-corrected chi connectivity index (χ2v) is 7.79.